The molecule has 0 fully saturated rings. The number of carbonyl (C=O) groups is 1. The molecule has 0 radical (unpaired) electrons. The van der Waals surface area contributed by atoms with Crippen molar-refractivity contribution in [2.24, 2.45) is 0 Å². The van der Waals surface area contributed by atoms with E-state index in [4.69, 9.17) is 9.26 Å². The molecule has 0 aliphatic carbocycles. The number of aromatic carboxylic acids is 1. The summed E-state index contributed by atoms with van der Waals surface area (Å²) in [5.74, 6) is -0.420. The van der Waals surface area contributed by atoms with Crippen LogP contribution < -0.4 is 9.64 Å². The van der Waals surface area contributed by atoms with E-state index in [1.54, 1.807) is 18.2 Å². The van der Waals surface area contributed by atoms with Gasteiger partial charge in [-0.25, -0.2) is 4.79 Å². The van der Waals surface area contributed by atoms with Crippen LogP contribution >= 0.6 is 0 Å². The molecule has 0 bridgehead atoms. The Morgan fingerprint density at radius 2 is 2.09 bits per heavy atom. The van der Waals surface area contributed by atoms with Crippen molar-refractivity contribution in [3.05, 3.63) is 52.7 Å². The standard InChI is InChI=1S/C24H25F3N2O4/c1-2-5-17-20(10-8-18-21(17)33-28-22(18)24(25,26)27)32-13-4-12-29-11-3-6-15-14-16(23(30)31)7-9-19(15)29/h7-10,14H,2-6,11-13H2,1H3,(H,30,31). The molecule has 0 amide bonds. The minimum absolute atomic E-state index is 0.0519. The van der Waals surface area contributed by atoms with E-state index in [-0.39, 0.29) is 11.0 Å². The van der Waals surface area contributed by atoms with Crippen molar-refractivity contribution in [3.63, 3.8) is 0 Å². The van der Waals surface area contributed by atoms with Crippen LogP contribution in [0.1, 0.15) is 53.4 Å². The van der Waals surface area contributed by atoms with Crippen LogP contribution in [0.2, 0.25) is 0 Å². The highest BCUT2D eigenvalue weighted by molar-refractivity contribution is 5.88. The number of ether oxygens (including phenoxy) is 1. The second-order valence-electron chi connectivity index (χ2n) is 8.14. The lowest BCUT2D eigenvalue weighted by Gasteiger charge is -2.31. The number of carboxylic acid groups (broad SMARTS) is 1. The van der Waals surface area contributed by atoms with Crippen molar-refractivity contribution in [1.82, 2.24) is 5.16 Å². The summed E-state index contributed by atoms with van der Waals surface area (Å²) in [4.78, 5) is 13.4. The number of benzene rings is 2. The molecule has 1 aliphatic rings. The minimum Gasteiger partial charge on any atom is -0.493 e. The second kappa shape index (κ2) is 9.33. The average Bonchev–Trinajstić information content (AvgIpc) is 3.22. The Bertz CT molecular complexity index is 1160. The first-order valence-electron chi connectivity index (χ1n) is 11.0. The lowest BCUT2D eigenvalue weighted by Crippen LogP contribution is -2.31. The molecule has 0 saturated heterocycles. The Kier molecular flexibility index (Phi) is 6.49. The number of carboxylic acids is 1. The SMILES string of the molecule is CCCc1c(OCCCN2CCCc3cc(C(=O)O)ccc32)ccc2c(C(F)(F)F)noc12. The Morgan fingerprint density at radius 1 is 1.27 bits per heavy atom. The van der Waals surface area contributed by atoms with Crippen LogP contribution in [0.5, 0.6) is 5.75 Å². The van der Waals surface area contributed by atoms with Crippen molar-refractivity contribution in [2.75, 3.05) is 24.6 Å². The third-order valence-corrected chi connectivity index (χ3v) is 5.84. The number of fused-ring (bicyclic) bond motifs is 2. The third-order valence-electron chi connectivity index (χ3n) is 5.84. The van der Waals surface area contributed by atoms with Gasteiger partial charge in [-0.3, -0.25) is 0 Å². The lowest BCUT2D eigenvalue weighted by molar-refractivity contribution is -0.141. The Balaban J connectivity index is 1.44. The minimum atomic E-state index is -4.58. The van der Waals surface area contributed by atoms with Crippen LogP contribution in [0.3, 0.4) is 0 Å². The molecule has 0 unspecified atom stereocenters. The van der Waals surface area contributed by atoms with Crippen molar-refractivity contribution < 1.29 is 32.3 Å². The molecule has 33 heavy (non-hydrogen) atoms. The van der Waals surface area contributed by atoms with Gasteiger partial charge in [-0.15, -0.1) is 0 Å². The fourth-order valence-electron chi connectivity index (χ4n) is 4.35. The summed E-state index contributed by atoms with van der Waals surface area (Å²) in [5, 5.41) is 12.4. The third kappa shape index (κ3) is 4.77. The number of anilines is 1. The largest absolute Gasteiger partial charge is 0.493 e. The van der Waals surface area contributed by atoms with E-state index in [0.29, 0.717) is 36.3 Å². The summed E-state index contributed by atoms with van der Waals surface area (Å²) in [5.41, 5.74) is 2.07. The van der Waals surface area contributed by atoms with Crippen LogP contribution in [0.25, 0.3) is 11.0 Å². The van der Waals surface area contributed by atoms with Gasteiger partial charge in [0.25, 0.3) is 0 Å². The van der Waals surface area contributed by atoms with E-state index in [9.17, 15) is 23.1 Å². The van der Waals surface area contributed by atoms with Gasteiger partial charge >= 0.3 is 12.1 Å². The maximum absolute atomic E-state index is 13.2. The van der Waals surface area contributed by atoms with Crippen LogP contribution in [0.15, 0.2) is 34.9 Å². The van der Waals surface area contributed by atoms with Gasteiger partial charge in [0, 0.05) is 24.3 Å². The molecule has 0 saturated carbocycles. The number of nitrogens with zero attached hydrogens (tertiary/aromatic N) is 2. The second-order valence-corrected chi connectivity index (χ2v) is 8.14. The van der Waals surface area contributed by atoms with Crippen LogP contribution in [0.4, 0.5) is 18.9 Å². The molecular formula is C24H25F3N2O4. The van der Waals surface area contributed by atoms with Gasteiger partial charge in [0.2, 0.25) is 0 Å². The number of hydrogen-bond donors (Lipinski definition) is 1. The monoisotopic (exact) mass is 462 g/mol. The molecular weight excluding hydrogens is 437 g/mol. The summed E-state index contributed by atoms with van der Waals surface area (Å²) in [6, 6.07) is 8.12. The predicted octanol–water partition coefficient (Wildman–Crippen LogP) is 5.72. The summed E-state index contributed by atoms with van der Waals surface area (Å²) in [6.45, 7) is 3.94. The smallest absolute Gasteiger partial charge is 0.437 e. The quantitative estimate of drug-likeness (QED) is 0.432. The van der Waals surface area contributed by atoms with E-state index >= 15 is 0 Å². The van der Waals surface area contributed by atoms with E-state index in [0.717, 1.165) is 43.6 Å². The number of aryl methyl sites for hydroxylation is 2. The molecule has 176 valence electrons. The van der Waals surface area contributed by atoms with Crippen LogP contribution in [0, 0.1) is 0 Å². The maximum Gasteiger partial charge on any atom is 0.437 e. The van der Waals surface area contributed by atoms with Crippen LogP contribution in [-0.2, 0) is 19.0 Å². The fraction of sp³-hybridized carbons (Fsp3) is 0.417. The summed E-state index contributed by atoms with van der Waals surface area (Å²) in [6.07, 6.45) is -0.839. The summed E-state index contributed by atoms with van der Waals surface area (Å²) >= 11 is 0. The molecule has 2 aromatic carbocycles. The topological polar surface area (TPSA) is 75.8 Å². The van der Waals surface area contributed by atoms with Crippen molar-refractivity contribution >= 4 is 22.6 Å². The zero-order chi connectivity index (χ0) is 23.6. The molecule has 2 heterocycles. The number of hydrogen-bond acceptors (Lipinski definition) is 5. The Morgan fingerprint density at radius 3 is 2.82 bits per heavy atom. The van der Waals surface area contributed by atoms with E-state index in [2.05, 4.69) is 10.1 Å². The first kappa shape index (κ1) is 22.9. The van der Waals surface area contributed by atoms with Crippen LogP contribution in [-0.4, -0.2) is 35.9 Å². The molecule has 3 aromatic rings. The number of alkyl halides is 3. The first-order chi connectivity index (χ1) is 15.8. The first-order valence-corrected chi connectivity index (χ1v) is 11.0. The Labute approximate surface area is 188 Å². The summed E-state index contributed by atoms with van der Waals surface area (Å²) in [7, 11) is 0. The molecule has 1 aromatic heterocycles. The zero-order valence-electron chi connectivity index (χ0n) is 18.2. The Hall–Kier alpha value is -3.23. The highest BCUT2D eigenvalue weighted by Crippen LogP contribution is 2.38. The van der Waals surface area contributed by atoms with Gasteiger partial charge < -0.3 is 19.3 Å². The lowest BCUT2D eigenvalue weighted by atomic mass is 9.99. The molecule has 0 atom stereocenters. The highest BCUT2D eigenvalue weighted by atomic mass is 19.4. The van der Waals surface area contributed by atoms with Gasteiger partial charge in [0.1, 0.15) is 5.75 Å². The van der Waals surface area contributed by atoms with E-state index in [1.165, 1.54) is 6.07 Å². The van der Waals surface area contributed by atoms with Gasteiger partial charge in [0.15, 0.2) is 11.3 Å². The van der Waals surface area contributed by atoms with Crippen molar-refractivity contribution in [2.45, 2.75) is 45.2 Å². The van der Waals surface area contributed by atoms with Gasteiger partial charge in [-0.1, -0.05) is 18.5 Å². The maximum atomic E-state index is 13.2. The molecule has 0 spiro atoms. The van der Waals surface area contributed by atoms with Crippen molar-refractivity contribution in [3.8, 4) is 5.75 Å². The molecule has 6 nitrogen and oxygen atoms in total. The molecule has 9 heteroatoms. The highest BCUT2D eigenvalue weighted by Gasteiger charge is 2.37. The number of rotatable bonds is 8. The number of halogens is 3. The van der Waals surface area contributed by atoms with E-state index < -0.39 is 17.8 Å². The van der Waals surface area contributed by atoms with Crippen molar-refractivity contribution in [1.29, 1.82) is 0 Å². The average molecular weight is 462 g/mol. The fourth-order valence-corrected chi connectivity index (χ4v) is 4.35. The normalized spacial score (nSPS) is 13.9. The molecule has 4 rings (SSSR count). The summed E-state index contributed by atoms with van der Waals surface area (Å²) < 4.78 is 50.5. The van der Waals surface area contributed by atoms with E-state index in [1.807, 2.05) is 13.0 Å². The van der Waals surface area contributed by atoms with Gasteiger partial charge in [0.05, 0.1) is 17.6 Å². The van der Waals surface area contributed by atoms with Gasteiger partial charge in [-0.2, -0.15) is 13.2 Å². The predicted molar refractivity (Wildman–Crippen MR) is 117 cm³/mol. The number of aromatic nitrogens is 1. The molecule has 1 N–H and O–H groups in total. The van der Waals surface area contributed by atoms with Gasteiger partial charge in [-0.05, 0) is 61.6 Å². The zero-order valence-corrected chi connectivity index (χ0v) is 18.2. The molecule has 1 aliphatic heterocycles.